The van der Waals surface area contributed by atoms with E-state index in [0.717, 1.165) is 5.01 Å². The lowest BCUT2D eigenvalue weighted by molar-refractivity contribution is -0.384. The molecule has 0 aliphatic carbocycles. The van der Waals surface area contributed by atoms with Gasteiger partial charge >= 0.3 is 5.97 Å². The Balaban J connectivity index is 1.97. The molecule has 1 amide bonds. The number of rotatable bonds is 4. The van der Waals surface area contributed by atoms with Crippen molar-refractivity contribution >= 4 is 23.5 Å². The number of benzene rings is 2. The standard InChI is InChI=1S/C18H15N3O7/c1-10(22)20-18(12-3-5-13(6-4-12)21(25)26)28-17(19-20)15-8-7-14(24)9-16(15)27-11(2)23/h3-9,18,24H,1-2H3/t18-/m1/s1. The number of nitrogens with zero attached hydrogens (tertiary/aromatic N) is 3. The van der Waals surface area contributed by atoms with Gasteiger partial charge in [-0.15, -0.1) is 5.10 Å². The number of phenolic OH excluding ortho intramolecular Hbond substituents is 1. The minimum Gasteiger partial charge on any atom is -0.508 e. The first-order valence-corrected chi connectivity index (χ1v) is 8.07. The molecule has 1 aliphatic rings. The van der Waals surface area contributed by atoms with E-state index in [1.165, 1.54) is 56.3 Å². The summed E-state index contributed by atoms with van der Waals surface area (Å²) >= 11 is 0. The molecule has 2 aromatic rings. The zero-order valence-corrected chi connectivity index (χ0v) is 14.9. The second kappa shape index (κ2) is 7.35. The summed E-state index contributed by atoms with van der Waals surface area (Å²) in [5, 5.41) is 25.7. The van der Waals surface area contributed by atoms with Crippen molar-refractivity contribution in [2.24, 2.45) is 5.10 Å². The molecule has 0 bridgehead atoms. The van der Waals surface area contributed by atoms with Crippen LogP contribution in [-0.4, -0.2) is 32.8 Å². The number of amides is 1. The van der Waals surface area contributed by atoms with Gasteiger partial charge in [-0.25, -0.2) is 0 Å². The van der Waals surface area contributed by atoms with Crippen LogP contribution in [0.2, 0.25) is 0 Å². The van der Waals surface area contributed by atoms with Gasteiger partial charge in [-0.1, -0.05) is 0 Å². The SMILES string of the molecule is CC(=O)Oc1cc(O)ccc1C1=NN(C(C)=O)[C@@H](c2ccc([N+](=O)[O-])cc2)O1. The van der Waals surface area contributed by atoms with E-state index in [1.807, 2.05) is 0 Å². The summed E-state index contributed by atoms with van der Waals surface area (Å²) in [6, 6.07) is 9.51. The number of hydrazone groups is 1. The van der Waals surface area contributed by atoms with Gasteiger partial charge in [0.2, 0.25) is 18.0 Å². The lowest BCUT2D eigenvalue weighted by atomic mass is 10.1. The summed E-state index contributed by atoms with van der Waals surface area (Å²) in [6.07, 6.45) is -0.952. The van der Waals surface area contributed by atoms with Gasteiger partial charge in [0.25, 0.3) is 5.69 Å². The molecule has 0 fully saturated rings. The fraction of sp³-hybridized carbons (Fsp3) is 0.167. The maximum atomic E-state index is 12.0. The van der Waals surface area contributed by atoms with Gasteiger partial charge in [0.05, 0.1) is 10.5 Å². The fourth-order valence-corrected chi connectivity index (χ4v) is 2.58. The molecule has 1 heterocycles. The highest BCUT2D eigenvalue weighted by Gasteiger charge is 2.34. The number of hydrogen-bond acceptors (Lipinski definition) is 8. The number of ether oxygens (including phenoxy) is 2. The van der Waals surface area contributed by atoms with Gasteiger partial charge in [0, 0.05) is 37.6 Å². The molecule has 0 spiro atoms. The highest BCUT2D eigenvalue weighted by Crippen LogP contribution is 2.34. The van der Waals surface area contributed by atoms with Crippen molar-refractivity contribution < 1.29 is 29.1 Å². The summed E-state index contributed by atoms with van der Waals surface area (Å²) in [6.45, 7) is 2.49. The van der Waals surface area contributed by atoms with Crippen molar-refractivity contribution in [2.45, 2.75) is 20.1 Å². The van der Waals surface area contributed by atoms with Crippen LogP contribution in [0.4, 0.5) is 5.69 Å². The van der Waals surface area contributed by atoms with Gasteiger partial charge in [0.1, 0.15) is 11.5 Å². The first-order chi connectivity index (χ1) is 13.3. The largest absolute Gasteiger partial charge is 0.508 e. The molecule has 144 valence electrons. The molecule has 0 saturated heterocycles. The zero-order valence-electron chi connectivity index (χ0n) is 14.9. The van der Waals surface area contributed by atoms with Crippen LogP contribution >= 0.6 is 0 Å². The molecule has 1 aliphatic heterocycles. The highest BCUT2D eigenvalue weighted by molar-refractivity contribution is 5.99. The van der Waals surface area contributed by atoms with Crippen LogP contribution < -0.4 is 4.74 Å². The Bertz CT molecular complexity index is 985. The Hall–Kier alpha value is -3.95. The number of nitro groups is 1. The fourth-order valence-electron chi connectivity index (χ4n) is 2.58. The van der Waals surface area contributed by atoms with Crippen LogP contribution in [0.5, 0.6) is 11.5 Å². The number of hydrogen-bond donors (Lipinski definition) is 1. The monoisotopic (exact) mass is 385 g/mol. The summed E-state index contributed by atoms with van der Waals surface area (Å²) in [5.41, 5.74) is 0.615. The molecule has 3 rings (SSSR count). The van der Waals surface area contributed by atoms with Crippen LogP contribution in [0, 0.1) is 10.1 Å². The predicted octanol–water partition coefficient (Wildman–Crippen LogP) is 2.46. The Labute approximate surface area is 158 Å². The summed E-state index contributed by atoms with van der Waals surface area (Å²) in [7, 11) is 0. The number of aromatic hydroxyl groups is 1. The Morgan fingerprint density at radius 2 is 1.89 bits per heavy atom. The van der Waals surface area contributed by atoms with Gasteiger partial charge in [0.15, 0.2) is 0 Å². The minimum absolute atomic E-state index is 0.00481. The maximum Gasteiger partial charge on any atom is 0.308 e. The molecule has 2 aromatic carbocycles. The normalized spacial score (nSPS) is 15.6. The first kappa shape index (κ1) is 18.8. The van der Waals surface area contributed by atoms with E-state index in [9.17, 15) is 24.8 Å². The second-order valence-electron chi connectivity index (χ2n) is 5.86. The number of esters is 1. The average molecular weight is 385 g/mol. The minimum atomic E-state index is -0.952. The topological polar surface area (TPSA) is 132 Å². The van der Waals surface area contributed by atoms with E-state index >= 15 is 0 Å². The van der Waals surface area contributed by atoms with Crippen molar-refractivity contribution in [1.29, 1.82) is 0 Å². The molecule has 1 atom stereocenters. The van der Waals surface area contributed by atoms with E-state index < -0.39 is 23.0 Å². The van der Waals surface area contributed by atoms with Crippen LogP contribution in [-0.2, 0) is 14.3 Å². The van der Waals surface area contributed by atoms with Crippen molar-refractivity contribution in [3.63, 3.8) is 0 Å². The van der Waals surface area contributed by atoms with Crippen LogP contribution in [0.1, 0.15) is 31.2 Å². The van der Waals surface area contributed by atoms with Crippen LogP contribution in [0.25, 0.3) is 0 Å². The molecule has 0 radical (unpaired) electrons. The van der Waals surface area contributed by atoms with E-state index in [0.29, 0.717) is 5.56 Å². The Morgan fingerprint density at radius 3 is 2.46 bits per heavy atom. The molecular formula is C18H15N3O7. The van der Waals surface area contributed by atoms with Gasteiger partial charge in [-0.05, 0) is 24.3 Å². The van der Waals surface area contributed by atoms with E-state index in [-0.39, 0.29) is 28.6 Å². The summed E-state index contributed by atoms with van der Waals surface area (Å²) < 4.78 is 10.9. The van der Waals surface area contributed by atoms with E-state index in [2.05, 4.69) is 5.10 Å². The molecule has 0 saturated carbocycles. The number of non-ortho nitro benzene ring substituents is 1. The molecule has 0 aromatic heterocycles. The number of phenols is 1. The van der Waals surface area contributed by atoms with Crippen LogP contribution in [0.15, 0.2) is 47.6 Å². The number of carbonyl (C=O) groups is 2. The molecule has 10 heteroatoms. The third-order valence-electron chi connectivity index (χ3n) is 3.80. The Morgan fingerprint density at radius 1 is 1.21 bits per heavy atom. The quantitative estimate of drug-likeness (QED) is 0.370. The second-order valence-corrected chi connectivity index (χ2v) is 5.86. The van der Waals surface area contributed by atoms with Crippen LogP contribution in [0.3, 0.4) is 0 Å². The van der Waals surface area contributed by atoms with E-state index in [1.54, 1.807) is 0 Å². The highest BCUT2D eigenvalue weighted by atomic mass is 16.6. The molecule has 1 N–H and O–H groups in total. The first-order valence-electron chi connectivity index (χ1n) is 8.07. The summed E-state index contributed by atoms with van der Waals surface area (Å²) in [5.74, 6) is -1.16. The van der Waals surface area contributed by atoms with Gasteiger partial charge in [-0.3, -0.25) is 19.7 Å². The molecule has 28 heavy (non-hydrogen) atoms. The van der Waals surface area contributed by atoms with Gasteiger partial charge in [-0.2, -0.15) is 5.01 Å². The lowest BCUT2D eigenvalue weighted by Crippen LogP contribution is -2.25. The zero-order chi connectivity index (χ0) is 20.4. The molecule has 0 unspecified atom stereocenters. The lowest BCUT2D eigenvalue weighted by Gasteiger charge is -2.19. The summed E-state index contributed by atoms with van der Waals surface area (Å²) in [4.78, 5) is 33.6. The van der Waals surface area contributed by atoms with Crippen molar-refractivity contribution in [3.8, 4) is 11.5 Å². The van der Waals surface area contributed by atoms with Gasteiger partial charge < -0.3 is 14.6 Å². The van der Waals surface area contributed by atoms with Crippen molar-refractivity contribution in [3.05, 3.63) is 63.7 Å². The smallest absolute Gasteiger partial charge is 0.308 e. The van der Waals surface area contributed by atoms with E-state index in [4.69, 9.17) is 9.47 Å². The molecule has 10 nitrogen and oxygen atoms in total. The van der Waals surface area contributed by atoms with Crippen molar-refractivity contribution in [2.75, 3.05) is 0 Å². The third-order valence-corrected chi connectivity index (χ3v) is 3.80. The van der Waals surface area contributed by atoms with Crippen molar-refractivity contribution in [1.82, 2.24) is 5.01 Å². The molecular weight excluding hydrogens is 370 g/mol. The number of nitro benzene ring substituents is 1. The average Bonchev–Trinajstić information content (AvgIpc) is 3.07. The predicted molar refractivity (Wildman–Crippen MR) is 95.4 cm³/mol. The number of carbonyl (C=O) groups excluding carboxylic acids is 2. The Kier molecular flexibility index (Phi) is 4.94. The maximum absolute atomic E-state index is 12.0. The third kappa shape index (κ3) is 3.75.